The molecule has 1 aromatic carbocycles. The van der Waals surface area contributed by atoms with Gasteiger partial charge in [-0.05, 0) is 43.6 Å². The number of rotatable bonds is 7. The van der Waals surface area contributed by atoms with Crippen LogP contribution in [0.3, 0.4) is 0 Å². The third kappa shape index (κ3) is 6.41. The van der Waals surface area contributed by atoms with E-state index in [1.54, 1.807) is 0 Å². The standard InChI is InChI=1S/C20H29F3N4/c1-2-24-18(26-17-8-11-27(13-17)15-20(21,22)23)25-14-19(9-10-19)12-16-6-4-3-5-7-16/h3-7,17H,2,8-15H2,1H3,(H2,24,25,26). The van der Waals surface area contributed by atoms with Gasteiger partial charge in [-0.2, -0.15) is 13.2 Å². The summed E-state index contributed by atoms with van der Waals surface area (Å²) < 4.78 is 37.7. The van der Waals surface area contributed by atoms with Gasteiger partial charge in [0.25, 0.3) is 0 Å². The summed E-state index contributed by atoms with van der Waals surface area (Å²) in [6, 6.07) is 10.5. The van der Waals surface area contributed by atoms with E-state index in [2.05, 4.69) is 34.9 Å². The second-order valence-electron chi connectivity index (χ2n) is 7.84. The number of benzene rings is 1. The van der Waals surface area contributed by atoms with Gasteiger partial charge in [0, 0.05) is 32.2 Å². The minimum Gasteiger partial charge on any atom is -0.357 e. The van der Waals surface area contributed by atoms with Crippen molar-refractivity contribution in [3.05, 3.63) is 35.9 Å². The maximum absolute atomic E-state index is 12.6. The van der Waals surface area contributed by atoms with Gasteiger partial charge in [0.15, 0.2) is 5.96 Å². The molecule has 0 aromatic heterocycles. The summed E-state index contributed by atoms with van der Waals surface area (Å²) in [6.45, 7) is 3.51. The van der Waals surface area contributed by atoms with E-state index in [-0.39, 0.29) is 11.5 Å². The van der Waals surface area contributed by atoms with Crippen LogP contribution in [0.1, 0.15) is 31.7 Å². The van der Waals surface area contributed by atoms with Gasteiger partial charge in [0.2, 0.25) is 0 Å². The number of guanidine groups is 1. The molecule has 7 heteroatoms. The van der Waals surface area contributed by atoms with Crippen LogP contribution in [-0.2, 0) is 6.42 Å². The third-order valence-electron chi connectivity index (χ3n) is 5.31. The Kier molecular flexibility index (Phi) is 6.29. The molecule has 0 radical (unpaired) electrons. The van der Waals surface area contributed by atoms with Crippen molar-refractivity contribution in [2.24, 2.45) is 10.4 Å². The van der Waals surface area contributed by atoms with Crippen molar-refractivity contribution < 1.29 is 13.2 Å². The van der Waals surface area contributed by atoms with Crippen LogP contribution >= 0.6 is 0 Å². The third-order valence-corrected chi connectivity index (χ3v) is 5.31. The fourth-order valence-corrected chi connectivity index (χ4v) is 3.70. The van der Waals surface area contributed by atoms with Crippen molar-refractivity contribution in [3.63, 3.8) is 0 Å². The summed E-state index contributed by atoms with van der Waals surface area (Å²) in [7, 11) is 0. The van der Waals surface area contributed by atoms with Crippen LogP contribution in [0, 0.1) is 5.41 Å². The Morgan fingerprint density at radius 1 is 1.26 bits per heavy atom. The SMILES string of the molecule is CCNC(=NCC1(Cc2ccccc2)CC1)NC1CCN(CC(F)(F)F)C1. The molecule has 0 amide bonds. The maximum atomic E-state index is 12.6. The number of likely N-dealkylation sites (tertiary alicyclic amines) is 1. The van der Waals surface area contributed by atoms with Gasteiger partial charge in [-0.25, -0.2) is 0 Å². The molecule has 1 aliphatic heterocycles. The second kappa shape index (κ2) is 8.50. The predicted molar refractivity (Wildman–Crippen MR) is 102 cm³/mol. The molecule has 27 heavy (non-hydrogen) atoms. The van der Waals surface area contributed by atoms with Crippen molar-refractivity contribution >= 4 is 5.96 Å². The Hall–Kier alpha value is -1.76. The average molecular weight is 382 g/mol. The van der Waals surface area contributed by atoms with E-state index in [1.165, 1.54) is 23.3 Å². The summed E-state index contributed by atoms with van der Waals surface area (Å²) in [5, 5.41) is 6.56. The Morgan fingerprint density at radius 3 is 2.63 bits per heavy atom. The molecule has 0 bridgehead atoms. The zero-order chi connectivity index (χ0) is 19.3. The average Bonchev–Trinajstić information content (AvgIpc) is 3.23. The lowest BCUT2D eigenvalue weighted by Crippen LogP contribution is -2.45. The lowest BCUT2D eigenvalue weighted by Gasteiger charge is -2.20. The zero-order valence-electron chi connectivity index (χ0n) is 15.9. The highest BCUT2D eigenvalue weighted by atomic mass is 19.4. The van der Waals surface area contributed by atoms with Gasteiger partial charge in [0.05, 0.1) is 6.54 Å². The van der Waals surface area contributed by atoms with Crippen LogP contribution in [0.2, 0.25) is 0 Å². The summed E-state index contributed by atoms with van der Waals surface area (Å²) in [6.07, 6.45) is -0.0559. The van der Waals surface area contributed by atoms with Crippen LogP contribution in [0.4, 0.5) is 13.2 Å². The molecule has 1 aromatic rings. The summed E-state index contributed by atoms with van der Waals surface area (Å²) in [5.74, 6) is 0.718. The Bertz CT molecular complexity index is 626. The lowest BCUT2D eigenvalue weighted by molar-refractivity contribution is -0.143. The smallest absolute Gasteiger partial charge is 0.357 e. The van der Waals surface area contributed by atoms with Crippen LogP contribution in [0.25, 0.3) is 0 Å². The van der Waals surface area contributed by atoms with E-state index >= 15 is 0 Å². The molecule has 2 fully saturated rings. The lowest BCUT2D eigenvalue weighted by atomic mass is 9.97. The number of aliphatic imine (C=N–C) groups is 1. The van der Waals surface area contributed by atoms with Crippen molar-refractivity contribution in [2.75, 3.05) is 32.7 Å². The summed E-state index contributed by atoms with van der Waals surface area (Å²) >= 11 is 0. The van der Waals surface area contributed by atoms with Gasteiger partial charge in [-0.15, -0.1) is 0 Å². The molecule has 1 atom stereocenters. The molecule has 1 saturated carbocycles. The molecule has 3 rings (SSSR count). The van der Waals surface area contributed by atoms with Gasteiger partial charge in [-0.1, -0.05) is 30.3 Å². The molecule has 1 aliphatic carbocycles. The first kappa shape index (κ1) is 20.0. The number of nitrogens with one attached hydrogen (secondary N) is 2. The minimum atomic E-state index is -4.14. The Labute approximate surface area is 159 Å². The van der Waals surface area contributed by atoms with E-state index in [1.807, 2.05) is 13.0 Å². The maximum Gasteiger partial charge on any atom is 0.401 e. The monoisotopic (exact) mass is 382 g/mol. The highest BCUT2D eigenvalue weighted by molar-refractivity contribution is 5.80. The first-order chi connectivity index (χ1) is 12.9. The highest BCUT2D eigenvalue weighted by Gasteiger charge is 2.42. The normalized spacial score (nSPS) is 22.7. The second-order valence-corrected chi connectivity index (χ2v) is 7.84. The van der Waals surface area contributed by atoms with Crippen molar-refractivity contribution in [1.29, 1.82) is 0 Å². The predicted octanol–water partition coefficient (Wildman–Crippen LogP) is 3.20. The van der Waals surface area contributed by atoms with E-state index in [9.17, 15) is 13.2 Å². The van der Waals surface area contributed by atoms with Crippen molar-refractivity contribution in [1.82, 2.24) is 15.5 Å². The zero-order valence-corrected chi connectivity index (χ0v) is 15.9. The fourth-order valence-electron chi connectivity index (χ4n) is 3.70. The van der Waals surface area contributed by atoms with Crippen LogP contribution in [0.15, 0.2) is 35.3 Å². The highest BCUT2D eigenvalue weighted by Crippen LogP contribution is 2.48. The van der Waals surface area contributed by atoms with Crippen LogP contribution in [-0.4, -0.2) is 55.8 Å². The van der Waals surface area contributed by atoms with Gasteiger partial charge in [0.1, 0.15) is 0 Å². The van der Waals surface area contributed by atoms with Gasteiger partial charge in [-0.3, -0.25) is 9.89 Å². The van der Waals surface area contributed by atoms with Gasteiger partial charge < -0.3 is 10.6 Å². The first-order valence-electron chi connectivity index (χ1n) is 9.75. The molecule has 2 N–H and O–H groups in total. The van der Waals surface area contributed by atoms with Crippen molar-refractivity contribution in [3.8, 4) is 0 Å². The van der Waals surface area contributed by atoms with E-state index in [0.717, 1.165) is 25.5 Å². The van der Waals surface area contributed by atoms with Crippen LogP contribution < -0.4 is 10.6 Å². The molecule has 0 spiro atoms. The molecular weight excluding hydrogens is 353 g/mol. The van der Waals surface area contributed by atoms with Crippen LogP contribution in [0.5, 0.6) is 0 Å². The van der Waals surface area contributed by atoms with E-state index in [4.69, 9.17) is 4.99 Å². The number of alkyl halides is 3. The quantitative estimate of drug-likeness (QED) is 0.562. The number of hydrogen-bond donors (Lipinski definition) is 2. The van der Waals surface area contributed by atoms with E-state index < -0.39 is 12.7 Å². The molecule has 150 valence electrons. The number of hydrogen-bond acceptors (Lipinski definition) is 2. The largest absolute Gasteiger partial charge is 0.401 e. The fraction of sp³-hybridized carbons (Fsp3) is 0.650. The number of nitrogens with zero attached hydrogens (tertiary/aromatic N) is 2. The summed E-state index contributed by atoms with van der Waals surface area (Å²) in [4.78, 5) is 6.22. The van der Waals surface area contributed by atoms with Gasteiger partial charge >= 0.3 is 6.18 Å². The van der Waals surface area contributed by atoms with E-state index in [0.29, 0.717) is 19.5 Å². The molecule has 2 aliphatic rings. The molecule has 1 unspecified atom stereocenters. The van der Waals surface area contributed by atoms with Crippen molar-refractivity contribution in [2.45, 2.75) is 44.8 Å². The molecule has 4 nitrogen and oxygen atoms in total. The minimum absolute atomic E-state index is 0.00873. The first-order valence-corrected chi connectivity index (χ1v) is 9.75. The molecule has 1 heterocycles. The summed E-state index contributed by atoms with van der Waals surface area (Å²) in [5.41, 5.74) is 1.57. The molecular formula is C20H29F3N4. The Balaban J connectivity index is 1.53. The molecule has 1 saturated heterocycles. The topological polar surface area (TPSA) is 39.7 Å². The number of halogens is 3. The Morgan fingerprint density at radius 2 is 2.00 bits per heavy atom.